The van der Waals surface area contributed by atoms with Crippen LogP contribution in [0.25, 0.3) is 0 Å². The summed E-state index contributed by atoms with van der Waals surface area (Å²) in [5.41, 5.74) is -2.59. The molecule has 1 aromatic rings. The number of hydrogen-bond donors (Lipinski definition) is 0. The van der Waals surface area contributed by atoms with Crippen LogP contribution in [0.2, 0.25) is 0 Å². The molecule has 0 saturated heterocycles. The van der Waals surface area contributed by atoms with Gasteiger partial charge in [-0.25, -0.2) is 4.79 Å². The van der Waals surface area contributed by atoms with E-state index in [9.17, 15) is 40.3 Å². The van der Waals surface area contributed by atoms with Crippen molar-refractivity contribution in [1.29, 1.82) is 0 Å². The van der Waals surface area contributed by atoms with E-state index in [1.165, 1.54) is 133 Å². The summed E-state index contributed by atoms with van der Waals surface area (Å²) in [7, 11) is 0. The number of carbonyl (C=O) groups excluding carboxylic acids is 2. The maximum atomic E-state index is 13.6. The highest BCUT2D eigenvalue weighted by Gasteiger charge is 2.77. The molecule has 0 aliphatic rings. The fourth-order valence-electron chi connectivity index (χ4n) is 5.25. The molecular weight excluding hydrogens is 629 g/mol. The molecule has 1 aromatic carbocycles. The van der Waals surface area contributed by atoms with Crippen LogP contribution in [0.5, 0.6) is 5.75 Å². The third-order valence-corrected chi connectivity index (χ3v) is 8.28. The van der Waals surface area contributed by atoms with Gasteiger partial charge in [-0.2, -0.15) is 30.7 Å². The predicted molar refractivity (Wildman–Crippen MR) is 170 cm³/mol. The molecule has 11 heteroatoms. The van der Waals surface area contributed by atoms with Crippen molar-refractivity contribution in [2.24, 2.45) is 0 Å². The average Bonchev–Trinajstić information content (AvgIpc) is 3.00. The first-order valence-electron chi connectivity index (χ1n) is 17.4. The zero-order valence-electron chi connectivity index (χ0n) is 28.4. The second kappa shape index (κ2) is 21.6. The molecule has 1 rings (SSSR count). The lowest BCUT2D eigenvalue weighted by Gasteiger charge is -2.30. The van der Waals surface area contributed by atoms with Gasteiger partial charge in [0.25, 0.3) is 0 Å². The lowest BCUT2D eigenvalue weighted by molar-refractivity contribution is -0.349. The largest absolute Gasteiger partial charge is 0.494 e. The van der Waals surface area contributed by atoms with Crippen molar-refractivity contribution in [3.8, 4) is 5.75 Å². The van der Waals surface area contributed by atoms with E-state index < -0.39 is 35.4 Å². The quantitative estimate of drug-likeness (QED) is 0.0401. The van der Waals surface area contributed by atoms with E-state index >= 15 is 0 Å². The van der Waals surface area contributed by atoms with Crippen LogP contribution in [0.4, 0.5) is 30.7 Å². The molecular formula is C36H55F7O4. The van der Waals surface area contributed by atoms with Crippen LogP contribution in [0.1, 0.15) is 160 Å². The average molecular weight is 685 g/mol. The molecule has 0 unspecified atom stereocenters. The topological polar surface area (TPSA) is 52.6 Å². The molecule has 4 nitrogen and oxygen atoms in total. The van der Waals surface area contributed by atoms with E-state index in [0.717, 1.165) is 33.1 Å². The van der Waals surface area contributed by atoms with E-state index in [-0.39, 0.29) is 5.56 Å². The second-order valence-corrected chi connectivity index (χ2v) is 13.0. The molecule has 0 amide bonds. The standard InChI is InChI=1S/C36H55F7O4/c1-4-5-6-7-8-9-10-11-12-13-14-15-16-17-18-19-20-21-22-23-28-46-30-26-24-29(25-27-30)31(44)33(2,3)47-32(45)34(37,38)35(39,40)36(41,42)43/h24-27H,4-23,28H2,1-3H3. The molecule has 0 aromatic heterocycles. The van der Waals surface area contributed by atoms with Gasteiger partial charge in [-0.3, -0.25) is 4.79 Å². The molecule has 0 aliphatic heterocycles. The van der Waals surface area contributed by atoms with Crippen LogP contribution in [0, 0.1) is 0 Å². The summed E-state index contributed by atoms with van der Waals surface area (Å²) < 4.78 is 101. The number of ether oxygens (including phenoxy) is 2. The van der Waals surface area contributed by atoms with Crippen molar-refractivity contribution in [3.05, 3.63) is 29.8 Å². The highest BCUT2D eigenvalue weighted by molar-refractivity contribution is 6.03. The van der Waals surface area contributed by atoms with Gasteiger partial charge in [0.05, 0.1) is 6.61 Å². The maximum absolute atomic E-state index is 13.6. The molecule has 0 N–H and O–H groups in total. The number of carbonyl (C=O) groups is 2. The van der Waals surface area contributed by atoms with E-state index in [0.29, 0.717) is 12.4 Å². The Balaban J connectivity index is 2.16. The highest BCUT2D eigenvalue weighted by atomic mass is 19.4. The zero-order chi connectivity index (χ0) is 35.4. The molecule has 272 valence electrons. The monoisotopic (exact) mass is 684 g/mol. The first kappa shape index (κ1) is 42.7. The van der Waals surface area contributed by atoms with Crippen molar-refractivity contribution < 1.29 is 49.8 Å². The van der Waals surface area contributed by atoms with Crippen molar-refractivity contribution in [2.45, 2.75) is 173 Å². The molecule has 0 fully saturated rings. The van der Waals surface area contributed by atoms with Crippen LogP contribution >= 0.6 is 0 Å². The minimum Gasteiger partial charge on any atom is -0.494 e. The number of Topliss-reactive ketones (excluding diaryl/α,β-unsaturated/α-hetero) is 1. The Morgan fingerprint density at radius 3 is 1.30 bits per heavy atom. The Morgan fingerprint density at radius 1 is 0.574 bits per heavy atom. The third-order valence-electron chi connectivity index (χ3n) is 8.28. The van der Waals surface area contributed by atoms with Gasteiger partial charge in [0.15, 0.2) is 5.60 Å². The Labute approximate surface area is 276 Å². The molecule has 47 heavy (non-hydrogen) atoms. The van der Waals surface area contributed by atoms with Gasteiger partial charge in [0, 0.05) is 5.56 Å². The van der Waals surface area contributed by atoms with Gasteiger partial charge in [-0.15, -0.1) is 0 Å². The lowest BCUT2D eigenvalue weighted by Crippen LogP contribution is -2.58. The van der Waals surface area contributed by atoms with Crippen LogP contribution < -0.4 is 4.74 Å². The van der Waals surface area contributed by atoms with E-state index in [4.69, 9.17) is 4.74 Å². The molecule has 0 radical (unpaired) electrons. The summed E-state index contributed by atoms with van der Waals surface area (Å²) in [5.74, 6) is -16.7. The zero-order valence-corrected chi connectivity index (χ0v) is 28.4. The van der Waals surface area contributed by atoms with Crippen molar-refractivity contribution in [2.75, 3.05) is 6.61 Å². The highest BCUT2D eigenvalue weighted by Crippen LogP contribution is 2.47. The molecule has 0 spiro atoms. The van der Waals surface area contributed by atoms with Gasteiger partial charge in [0.2, 0.25) is 5.78 Å². The summed E-state index contributed by atoms with van der Waals surface area (Å²) >= 11 is 0. The molecule has 0 aliphatic carbocycles. The first-order valence-corrected chi connectivity index (χ1v) is 17.4. The van der Waals surface area contributed by atoms with Crippen LogP contribution in [-0.4, -0.2) is 42.0 Å². The molecule has 0 saturated carbocycles. The summed E-state index contributed by atoms with van der Waals surface area (Å²) in [4.78, 5) is 24.3. The number of benzene rings is 1. The number of unbranched alkanes of at least 4 members (excludes halogenated alkanes) is 19. The van der Waals surface area contributed by atoms with Crippen molar-refractivity contribution in [1.82, 2.24) is 0 Å². The maximum Gasteiger partial charge on any atom is 0.460 e. The number of alkyl halides is 7. The molecule has 0 bridgehead atoms. The Hall–Kier alpha value is -2.33. The Kier molecular flexibility index (Phi) is 19.6. The number of ketones is 1. The van der Waals surface area contributed by atoms with Gasteiger partial charge >= 0.3 is 24.0 Å². The Morgan fingerprint density at radius 2 is 0.936 bits per heavy atom. The van der Waals surface area contributed by atoms with Gasteiger partial charge < -0.3 is 9.47 Å². The van der Waals surface area contributed by atoms with Gasteiger partial charge in [-0.1, -0.05) is 129 Å². The smallest absolute Gasteiger partial charge is 0.460 e. The summed E-state index contributed by atoms with van der Waals surface area (Å²) in [6.45, 7) is 4.33. The fourth-order valence-corrected chi connectivity index (χ4v) is 5.25. The number of rotatable bonds is 27. The minimum absolute atomic E-state index is 0.139. The van der Waals surface area contributed by atoms with Gasteiger partial charge in [0.1, 0.15) is 5.75 Å². The minimum atomic E-state index is -6.70. The molecule has 0 atom stereocenters. The lowest BCUT2D eigenvalue weighted by atomic mass is 9.96. The van der Waals surface area contributed by atoms with Crippen molar-refractivity contribution >= 4 is 11.8 Å². The summed E-state index contributed by atoms with van der Waals surface area (Å²) in [6.07, 6.45) is 19.0. The van der Waals surface area contributed by atoms with E-state index in [1.54, 1.807) is 0 Å². The van der Waals surface area contributed by atoms with Crippen LogP contribution in [0.15, 0.2) is 24.3 Å². The first-order chi connectivity index (χ1) is 22.1. The Bertz CT molecular complexity index is 1010. The van der Waals surface area contributed by atoms with E-state index in [2.05, 4.69) is 11.7 Å². The number of hydrogen-bond acceptors (Lipinski definition) is 4. The SMILES string of the molecule is CCCCCCCCCCCCCCCCCCCCCCOc1ccc(C(=O)C(C)(C)OC(=O)C(F)(F)C(F)(F)C(F)(F)F)cc1. The molecule has 0 heterocycles. The third kappa shape index (κ3) is 15.6. The predicted octanol–water partition coefficient (Wildman–Crippen LogP) is 12.2. The summed E-state index contributed by atoms with van der Waals surface area (Å²) in [6, 6.07) is 5.36. The fraction of sp³-hybridized carbons (Fsp3) is 0.778. The summed E-state index contributed by atoms with van der Waals surface area (Å²) in [5, 5.41) is 0. The second-order valence-electron chi connectivity index (χ2n) is 13.0. The van der Waals surface area contributed by atoms with Gasteiger partial charge in [-0.05, 0) is 44.5 Å². The van der Waals surface area contributed by atoms with Crippen molar-refractivity contribution in [3.63, 3.8) is 0 Å². The van der Waals surface area contributed by atoms with Crippen LogP contribution in [-0.2, 0) is 9.53 Å². The normalized spacial score (nSPS) is 12.7. The van der Waals surface area contributed by atoms with E-state index in [1.807, 2.05) is 0 Å². The number of esters is 1. The number of halogens is 7. The van der Waals surface area contributed by atoms with Crippen LogP contribution in [0.3, 0.4) is 0 Å².